The topological polar surface area (TPSA) is 112 Å². The Morgan fingerprint density at radius 3 is 2.76 bits per heavy atom. The van der Waals surface area contributed by atoms with Gasteiger partial charge in [-0.1, -0.05) is 19.1 Å². The number of phenols is 1. The summed E-state index contributed by atoms with van der Waals surface area (Å²) in [7, 11) is 0. The second-order valence-electron chi connectivity index (χ2n) is 5.01. The number of hydrogen-bond acceptors (Lipinski definition) is 5. The molecular weight excluding hydrogens is 272 g/mol. The van der Waals surface area contributed by atoms with Gasteiger partial charge in [0.25, 0.3) is 0 Å². The van der Waals surface area contributed by atoms with Crippen LogP contribution in [0.3, 0.4) is 0 Å². The largest absolute Gasteiger partial charge is 0.507 e. The van der Waals surface area contributed by atoms with Gasteiger partial charge >= 0.3 is 5.97 Å². The number of nitriles is 1. The maximum atomic E-state index is 11.1. The fourth-order valence-corrected chi connectivity index (χ4v) is 1.99. The highest BCUT2D eigenvalue weighted by Gasteiger charge is 2.17. The SMILES string of the molecule is CC(C)Cc1c(C#N)nnn1-c1ccc(O)c(C(=O)O)c1. The van der Waals surface area contributed by atoms with Crippen LogP contribution in [0.2, 0.25) is 0 Å². The third-order valence-electron chi connectivity index (χ3n) is 2.93. The average Bonchev–Trinajstić information content (AvgIpc) is 2.81. The van der Waals surface area contributed by atoms with Gasteiger partial charge in [-0.05, 0) is 30.5 Å². The normalized spacial score (nSPS) is 10.6. The molecule has 1 aromatic carbocycles. The summed E-state index contributed by atoms with van der Waals surface area (Å²) < 4.78 is 1.43. The molecule has 0 aliphatic carbocycles. The predicted octanol–water partition coefficient (Wildman–Crippen LogP) is 1.74. The van der Waals surface area contributed by atoms with Crippen molar-refractivity contribution in [1.29, 1.82) is 5.26 Å². The predicted molar refractivity (Wildman–Crippen MR) is 73.2 cm³/mol. The molecule has 7 nitrogen and oxygen atoms in total. The lowest BCUT2D eigenvalue weighted by Crippen LogP contribution is -2.08. The molecule has 2 rings (SSSR count). The Kier molecular flexibility index (Phi) is 3.89. The maximum absolute atomic E-state index is 11.1. The summed E-state index contributed by atoms with van der Waals surface area (Å²) in [6.45, 7) is 4.00. The van der Waals surface area contributed by atoms with E-state index >= 15 is 0 Å². The van der Waals surface area contributed by atoms with Crippen molar-refractivity contribution in [3.8, 4) is 17.5 Å². The number of carbonyl (C=O) groups is 1. The van der Waals surface area contributed by atoms with Gasteiger partial charge < -0.3 is 10.2 Å². The molecule has 1 heterocycles. The standard InChI is InChI=1S/C14H14N4O3/c1-8(2)5-12-11(7-15)16-17-18(12)9-3-4-13(19)10(6-9)14(20)21/h3-4,6,8,19H,5H2,1-2H3,(H,20,21). The van der Waals surface area contributed by atoms with Crippen molar-refractivity contribution < 1.29 is 15.0 Å². The van der Waals surface area contributed by atoms with E-state index in [9.17, 15) is 9.90 Å². The molecule has 0 radical (unpaired) electrons. The van der Waals surface area contributed by atoms with E-state index in [2.05, 4.69) is 10.3 Å². The molecule has 0 unspecified atom stereocenters. The van der Waals surface area contributed by atoms with E-state index in [1.54, 1.807) is 0 Å². The molecule has 0 bridgehead atoms. The first-order valence-corrected chi connectivity index (χ1v) is 6.35. The minimum absolute atomic E-state index is 0.216. The zero-order chi connectivity index (χ0) is 15.6. The highest BCUT2D eigenvalue weighted by Crippen LogP contribution is 2.23. The van der Waals surface area contributed by atoms with Crippen molar-refractivity contribution >= 4 is 5.97 Å². The lowest BCUT2D eigenvalue weighted by atomic mass is 10.1. The summed E-state index contributed by atoms with van der Waals surface area (Å²) in [6.07, 6.45) is 0.583. The van der Waals surface area contributed by atoms with Gasteiger partial charge in [-0.3, -0.25) is 0 Å². The second-order valence-corrected chi connectivity index (χ2v) is 5.01. The Labute approximate surface area is 121 Å². The first kappa shape index (κ1) is 14.5. The molecule has 0 aliphatic heterocycles. The first-order valence-electron chi connectivity index (χ1n) is 6.35. The lowest BCUT2D eigenvalue weighted by molar-refractivity contribution is 0.0693. The summed E-state index contributed by atoms with van der Waals surface area (Å²) in [4.78, 5) is 11.1. The zero-order valence-corrected chi connectivity index (χ0v) is 11.6. The van der Waals surface area contributed by atoms with E-state index in [0.717, 1.165) is 0 Å². The van der Waals surface area contributed by atoms with Gasteiger partial charge in [0.2, 0.25) is 0 Å². The summed E-state index contributed by atoms with van der Waals surface area (Å²) in [6, 6.07) is 6.10. The fraction of sp³-hybridized carbons (Fsp3) is 0.286. The number of carboxylic acid groups (broad SMARTS) is 1. The van der Waals surface area contributed by atoms with Crippen LogP contribution in [0.25, 0.3) is 5.69 Å². The molecular formula is C14H14N4O3. The fourth-order valence-electron chi connectivity index (χ4n) is 1.99. The van der Waals surface area contributed by atoms with Crippen LogP contribution in [0.15, 0.2) is 18.2 Å². The Balaban J connectivity index is 2.57. The number of hydrogen-bond donors (Lipinski definition) is 2. The second kappa shape index (κ2) is 5.63. The van der Waals surface area contributed by atoms with E-state index in [1.165, 1.54) is 22.9 Å². The number of benzene rings is 1. The van der Waals surface area contributed by atoms with Crippen molar-refractivity contribution in [2.45, 2.75) is 20.3 Å². The average molecular weight is 286 g/mol. The Morgan fingerprint density at radius 1 is 1.48 bits per heavy atom. The van der Waals surface area contributed by atoms with Crippen LogP contribution >= 0.6 is 0 Å². The molecule has 0 spiro atoms. The lowest BCUT2D eigenvalue weighted by Gasteiger charge is -2.09. The number of aromatic nitrogens is 3. The molecule has 0 atom stereocenters. The van der Waals surface area contributed by atoms with Crippen LogP contribution in [0, 0.1) is 17.2 Å². The molecule has 1 aromatic heterocycles. The molecule has 108 valence electrons. The van der Waals surface area contributed by atoms with Crippen LogP contribution in [0.4, 0.5) is 0 Å². The highest BCUT2D eigenvalue weighted by molar-refractivity contribution is 5.91. The molecule has 0 saturated carbocycles. The van der Waals surface area contributed by atoms with Gasteiger partial charge in [-0.2, -0.15) is 5.26 Å². The summed E-state index contributed by atoms with van der Waals surface area (Å²) >= 11 is 0. The van der Waals surface area contributed by atoms with Crippen LogP contribution in [0.5, 0.6) is 5.75 Å². The summed E-state index contributed by atoms with van der Waals surface area (Å²) in [5.74, 6) is -1.27. The maximum Gasteiger partial charge on any atom is 0.339 e. The number of aromatic hydroxyl groups is 1. The monoisotopic (exact) mass is 286 g/mol. The number of aromatic carboxylic acids is 1. The van der Waals surface area contributed by atoms with Gasteiger partial charge in [0.1, 0.15) is 17.4 Å². The molecule has 0 fully saturated rings. The van der Waals surface area contributed by atoms with Gasteiger partial charge in [-0.15, -0.1) is 5.10 Å². The van der Waals surface area contributed by atoms with E-state index in [0.29, 0.717) is 17.8 Å². The van der Waals surface area contributed by atoms with Gasteiger partial charge in [-0.25, -0.2) is 9.48 Å². The van der Waals surface area contributed by atoms with Gasteiger partial charge in [0, 0.05) is 0 Å². The van der Waals surface area contributed by atoms with E-state index in [4.69, 9.17) is 10.4 Å². The first-order chi connectivity index (χ1) is 9.93. The minimum atomic E-state index is -1.24. The van der Waals surface area contributed by atoms with Crippen LogP contribution < -0.4 is 0 Å². The van der Waals surface area contributed by atoms with Crippen molar-refractivity contribution in [1.82, 2.24) is 15.0 Å². The highest BCUT2D eigenvalue weighted by atomic mass is 16.4. The molecule has 0 amide bonds. The zero-order valence-electron chi connectivity index (χ0n) is 11.6. The number of carboxylic acids is 1. The summed E-state index contributed by atoms with van der Waals surface area (Å²) in [5, 5.41) is 35.4. The van der Waals surface area contributed by atoms with E-state index in [-0.39, 0.29) is 22.9 Å². The third kappa shape index (κ3) is 2.84. The molecule has 2 aromatic rings. The van der Waals surface area contributed by atoms with E-state index < -0.39 is 5.97 Å². The minimum Gasteiger partial charge on any atom is -0.507 e. The van der Waals surface area contributed by atoms with Crippen molar-refractivity contribution in [2.75, 3.05) is 0 Å². The number of nitrogens with zero attached hydrogens (tertiary/aromatic N) is 4. The van der Waals surface area contributed by atoms with E-state index in [1.807, 2.05) is 19.9 Å². The van der Waals surface area contributed by atoms with Crippen LogP contribution in [-0.2, 0) is 6.42 Å². The van der Waals surface area contributed by atoms with Crippen molar-refractivity contribution in [3.05, 3.63) is 35.2 Å². The van der Waals surface area contributed by atoms with Crippen molar-refractivity contribution in [3.63, 3.8) is 0 Å². The molecule has 0 aliphatic rings. The quantitative estimate of drug-likeness (QED) is 0.885. The molecule has 7 heteroatoms. The smallest absolute Gasteiger partial charge is 0.339 e. The Bertz CT molecular complexity index is 728. The number of rotatable bonds is 4. The van der Waals surface area contributed by atoms with Crippen molar-refractivity contribution in [2.24, 2.45) is 5.92 Å². The Hall–Kier alpha value is -2.88. The third-order valence-corrected chi connectivity index (χ3v) is 2.93. The molecule has 2 N–H and O–H groups in total. The Morgan fingerprint density at radius 2 is 2.19 bits per heavy atom. The van der Waals surface area contributed by atoms with Crippen LogP contribution in [0.1, 0.15) is 35.6 Å². The van der Waals surface area contributed by atoms with Gasteiger partial charge in [0.15, 0.2) is 5.69 Å². The molecule has 21 heavy (non-hydrogen) atoms. The van der Waals surface area contributed by atoms with Crippen LogP contribution in [-0.4, -0.2) is 31.2 Å². The summed E-state index contributed by atoms with van der Waals surface area (Å²) in [5.41, 5.74) is 1.05. The molecule has 0 saturated heterocycles. The van der Waals surface area contributed by atoms with Gasteiger partial charge in [0.05, 0.1) is 11.4 Å².